The Hall–Kier alpha value is -3.42. The highest BCUT2D eigenvalue weighted by atomic mass is 16.6. The summed E-state index contributed by atoms with van der Waals surface area (Å²) in [6.45, 7) is 0.304. The Morgan fingerprint density at radius 1 is 1.28 bits per heavy atom. The lowest BCUT2D eigenvalue weighted by Gasteiger charge is -2.26. The molecule has 8 nitrogen and oxygen atoms in total. The van der Waals surface area contributed by atoms with Crippen molar-refractivity contribution in [3.63, 3.8) is 0 Å². The Morgan fingerprint density at radius 3 is 2.93 bits per heavy atom. The molecule has 150 valence electrons. The molecule has 1 N–H and O–H groups in total. The minimum Gasteiger partial charge on any atom is -0.407 e. The second-order valence-corrected chi connectivity index (χ2v) is 7.24. The van der Waals surface area contributed by atoms with Crippen LogP contribution >= 0.6 is 0 Å². The molecule has 3 aromatic rings. The number of amides is 1. The van der Waals surface area contributed by atoms with E-state index in [1.54, 1.807) is 0 Å². The molecular weight excluding hydrogens is 374 g/mol. The summed E-state index contributed by atoms with van der Waals surface area (Å²) in [7, 11) is 0. The highest BCUT2D eigenvalue weighted by Gasteiger charge is 2.21. The number of oxazole rings is 1. The SMILES string of the molecule is O=C(CCCn1c(=O)oc2cc([N+](=O)[O-])ccc21)NC1CCCc2ccccc21. The molecule has 0 aliphatic heterocycles. The van der Waals surface area contributed by atoms with Crippen LogP contribution in [0.2, 0.25) is 0 Å². The minimum absolute atomic E-state index is 0.0328. The number of non-ortho nitro benzene ring substituents is 1. The van der Waals surface area contributed by atoms with Gasteiger partial charge in [-0.1, -0.05) is 24.3 Å². The van der Waals surface area contributed by atoms with Crippen LogP contribution in [0.5, 0.6) is 0 Å². The second-order valence-electron chi connectivity index (χ2n) is 7.24. The van der Waals surface area contributed by atoms with Crippen LogP contribution in [0.3, 0.4) is 0 Å². The van der Waals surface area contributed by atoms with Gasteiger partial charge in [-0.15, -0.1) is 0 Å². The molecule has 1 amide bonds. The van der Waals surface area contributed by atoms with Crippen molar-refractivity contribution in [1.29, 1.82) is 0 Å². The zero-order valence-electron chi connectivity index (χ0n) is 15.8. The normalized spacial score (nSPS) is 15.8. The van der Waals surface area contributed by atoms with Gasteiger partial charge in [0.25, 0.3) is 5.69 Å². The third-order valence-corrected chi connectivity index (χ3v) is 5.35. The monoisotopic (exact) mass is 395 g/mol. The summed E-state index contributed by atoms with van der Waals surface area (Å²) < 4.78 is 6.52. The summed E-state index contributed by atoms with van der Waals surface area (Å²) in [6, 6.07) is 12.3. The van der Waals surface area contributed by atoms with Crippen molar-refractivity contribution in [3.8, 4) is 0 Å². The van der Waals surface area contributed by atoms with Gasteiger partial charge in [-0.2, -0.15) is 0 Å². The number of nitrogens with zero attached hydrogens (tertiary/aromatic N) is 2. The number of carbonyl (C=O) groups excluding carboxylic acids is 1. The molecule has 0 bridgehead atoms. The molecule has 1 heterocycles. The Kier molecular flexibility index (Phi) is 5.16. The van der Waals surface area contributed by atoms with Crippen molar-refractivity contribution in [1.82, 2.24) is 9.88 Å². The van der Waals surface area contributed by atoms with Crippen molar-refractivity contribution < 1.29 is 14.1 Å². The topological polar surface area (TPSA) is 107 Å². The van der Waals surface area contributed by atoms with Crippen molar-refractivity contribution in [2.75, 3.05) is 0 Å². The molecule has 0 saturated carbocycles. The van der Waals surface area contributed by atoms with Crippen molar-refractivity contribution in [3.05, 3.63) is 74.3 Å². The Balaban J connectivity index is 1.38. The second kappa shape index (κ2) is 7.90. The van der Waals surface area contributed by atoms with Gasteiger partial charge in [0.1, 0.15) is 0 Å². The van der Waals surface area contributed by atoms with Crippen molar-refractivity contribution >= 4 is 22.7 Å². The molecule has 1 aliphatic carbocycles. The van der Waals surface area contributed by atoms with Crippen LogP contribution in [0.4, 0.5) is 5.69 Å². The molecule has 4 rings (SSSR count). The number of carbonyl (C=O) groups is 1. The van der Waals surface area contributed by atoms with E-state index in [0.717, 1.165) is 19.3 Å². The van der Waals surface area contributed by atoms with E-state index in [0.29, 0.717) is 18.5 Å². The smallest absolute Gasteiger partial charge is 0.407 e. The molecule has 2 aromatic carbocycles. The highest BCUT2D eigenvalue weighted by molar-refractivity contribution is 5.77. The maximum absolute atomic E-state index is 12.4. The standard InChI is InChI=1S/C21H21N3O5/c25-20(22-17-8-3-6-14-5-1-2-7-16(14)17)9-4-12-23-18-11-10-15(24(27)28)13-19(18)29-21(23)26/h1-2,5,7,10-11,13,17H,3-4,6,8-9,12H2,(H,22,25). The number of fused-ring (bicyclic) bond motifs is 2. The number of benzene rings is 2. The van der Waals surface area contributed by atoms with Crippen molar-refractivity contribution in [2.45, 2.75) is 44.7 Å². The average Bonchev–Trinajstić information content (AvgIpc) is 3.03. The van der Waals surface area contributed by atoms with Crippen LogP contribution in [0, 0.1) is 10.1 Å². The summed E-state index contributed by atoms with van der Waals surface area (Å²) in [5, 5.41) is 14.0. The number of nitro groups is 1. The van der Waals surface area contributed by atoms with Crippen LogP contribution < -0.4 is 11.1 Å². The fourth-order valence-electron chi connectivity index (χ4n) is 3.95. The number of aryl methyl sites for hydroxylation is 2. The van der Waals surface area contributed by atoms with E-state index in [1.807, 2.05) is 12.1 Å². The summed E-state index contributed by atoms with van der Waals surface area (Å²) in [6.07, 6.45) is 3.76. The number of rotatable bonds is 6. The first-order valence-corrected chi connectivity index (χ1v) is 9.68. The zero-order valence-corrected chi connectivity index (χ0v) is 15.8. The van der Waals surface area contributed by atoms with Crippen LogP contribution in [0.15, 0.2) is 51.7 Å². The molecule has 29 heavy (non-hydrogen) atoms. The van der Waals surface area contributed by atoms with E-state index in [-0.39, 0.29) is 29.6 Å². The number of hydrogen-bond donors (Lipinski definition) is 1. The molecule has 1 aliphatic rings. The number of hydrogen-bond acceptors (Lipinski definition) is 5. The van der Waals surface area contributed by atoms with Gasteiger partial charge in [-0.3, -0.25) is 19.5 Å². The van der Waals surface area contributed by atoms with Crippen LogP contribution in [0.1, 0.15) is 42.9 Å². The van der Waals surface area contributed by atoms with Crippen LogP contribution in [0.25, 0.3) is 11.1 Å². The predicted octanol–water partition coefficient (Wildman–Crippen LogP) is 3.48. The largest absolute Gasteiger partial charge is 0.419 e. The van der Waals surface area contributed by atoms with Gasteiger partial charge in [-0.05, 0) is 42.9 Å². The fourth-order valence-corrected chi connectivity index (χ4v) is 3.95. The summed E-state index contributed by atoms with van der Waals surface area (Å²) in [5.41, 5.74) is 3.00. The number of nitrogens with one attached hydrogen (secondary N) is 1. The quantitative estimate of drug-likeness (QED) is 0.508. The average molecular weight is 395 g/mol. The molecule has 0 spiro atoms. The molecule has 1 unspecified atom stereocenters. The molecule has 0 saturated heterocycles. The summed E-state index contributed by atoms with van der Waals surface area (Å²) in [5.74, 6) is -0.634. The highest BCUT2D eigenvalue weighted by Crippen LogP contribution is 2.29. The predicted molar refractivity (Wildman–Crippen MR) is 107 cm³/mol. The maximum Gasteiger partial charge on any atom is 0.419 e. The molecular formula is C21H21N3O5. The van der Waals surface area contributed by atoms with E-state index in [1.165, 1.54) is 33.9 Å². The molecule has 8 heteroatoms. The van der Waals surface area contributed by atoms with E-state index in [4.69, 9.17) is 4.42 Å². The first-order valence-electron chi connectivity index (χ1n) is 9.68. The molecule has 1 atom stereocenters. The van der Waals surface area contributed by atoms with Crippen LogP contribution in [-0.2, 0) is 17.8 Å². The molecule has 1 aromatic heterocycles. The Bertz CT molecular complexity index is 1130. The van der Waals surface area contributed by atoms with Crippen LogP contribution in [-0.4, -0.2) is 15.4 Å². The lowest BCUT2D eigenvalue weighted by atomic mass is 9.87. The summed E-state index contributed by atoms with van der Waals surface area (Å²) in [4.78, 5) is 34.8. The van der Waals surface area contributed by atoms with E-state index >= 15 is 0 Å². The lowest BCUT2D eigenvalue weighted by molar-refractivity contribution is -0.384. The van der Waals surface area contributed by atoms with Gasteiger partial charge in [0.05, 0.1) is 22.5 Å². The first kappa shape index (κ1) is 18.9. The van der Waals surface area contributed by atoms with E-state index in [9.17, 15) is 19.7 Å². The zero-order chi connectivity index (χ0) is 20.4. The first-order chi connectivity index (χ1) is 14.0. The van der Waals surface area contributed by atoms with Gasteiger partial charge in [-0.25, -0.2) is 4.79 Å². The third-order valence-electron chi connectivity index (χ3n) is 5.35. The molecule has 0 fully saturated rings. The maximum atomic E-state index is 12.4. The van der Waals surface area contributed by atoms with Gasteiger partial charge >= 0.3 is 5.76 Å². The minimum atomic E-state index is -0.581. The third kappa shape index (κ3) is 3.91. The van der Waals surface area contributed by atoms with Gasteiger partial charge in [0.2, 0.25) is 5.91 Å². The van der Waals surface area contributed by atoms with Gasteiger partial charge in [0, 0.05) is 19.0 Å². The number of nitro benzene ring substituents is 1. The fraction of sp³-hybridized carbons (Fsp3) is 0.333. The summed E-state index contributed by atoms with van der Waals surface area (Å²) >= 11 is 0. The lowest BCUT2D eigenvalue weighted by Crippen LogP contribution is -2.31. The van der Waals surface area contributed by atoms with Crippen molar-refractivity contribution in [2.24, 2.45) is 0 Å². The number of aromatic nitrogens is 1. The van der Waals surface area contributed by atoms with E-state index < -0.39 is 10.7 Å². The van der Waals surface area contributed by atoms with Gasteiger partial charge in [0.15, 0.2) is 5.58 Å². The van der Waals surface area contributed by atoms with Gasteiger partial charge < -0.3 is 9.73 Å². The van der Waals surface area contributed by atoms with E-state index in [2.05, 4.69) is 17.4 Å². The molecule has 0 radical (unpaired) electrons. The Morgan fingerprint density at radius 2 is 2.10 bits per heavy atom. The Labute approximate surface area is 166 Å².